The zero-order chi connectivity index (χ0) is 19.8. The van der Waals surface area contributed by atoms with E-state index in [2.05, 4.69) is 35.9 Å². The van der Waals surface area contributed by atoms with E-state index in [1.807, 2.05) is 35.4 Å². The highest BCUT2D eigenvalue weighted by molar-refractivity contribution is 5.86. The fraction of sp³-hybridized carbons (Fsp3) is 0.375. The molecule has 150 valence electrons. The number of carbonyl (C=O) groups excluding carboxylic acids is 1. The van der Waals surface area contributed by atoms with E-state index in [1.165, 1.54) is 22.2 Å². The van der Waals surface area contributed by atoms with Crippen LogP contribution in [-0.4, -0.2) is 28.8 Å². The van der Waals surface area contributed by atoms with E-state index in [0.29, 0.717) is 13.2 Å². The van der Waals surface area contributed by atoms with Crippen molar-refractivity contribution in [3.05, 3.63) is 71.4 Å². The molecule has 0 amide bonds. The summed E-state index contributed by atoms with van der Waals surface area (Å²) in [6, 6.07) is 18.3. The lowest BCUT2D eigenvalue weighted by Gasteiger charge is -2.37. The molecule has 2 aliphatic heterocycles. The molecule has 3 heterocycles. The number of ether oxygens (including phenoxy) is 1. The smallest absolute Gasteiger partial charge is 0.311 e. The van der Waals surface area contributed by atoms with Crippen molar-refractivity contribution in [1.82, 2.24) is 9.63 Å². The zero-order valence-electron chi connectivity index (χ0n) is 16.7. The van der Waals surface area contributed by atoms with Gasteiger partial charge in [0.15, 0.2) is 0 Å². The van der Waals surface area contributed by atoms with E-state index in [-0.39, 0.29) is 17.9 Å². The molecule has 0 unspecified atom stereocenters. The summed E-state index contributed by atoms with van der Waals surface area (Å²) in [5.74, 6) is -0.365. The number of hydroxylamine groups is 2. The Balaban J connectivity index is 1.50. The minimum Gasteiger partial charge on any atom is -0.461 e. The molecule has 5 nitrogen and oxygen atoms in total. The Morgan fingerprint density at radius 2 is 1.93 bits per heavy atom. The van der Waals surface area contributed by atoms with Crippen LogP contribution >= 0.6 is 0 Å². The Kier molecular flexibility index (Phi) is 4.86. The van der Waals surface area contributed by atoms with Crippen molar-refractivity contribution in [3.63, 3.8) is 0 Å². The van der Waals surface area contributed by atoms with Crippen molar-refractivity contribution in [2.45, 2.75) is 31.9 Å². The van der Waals surface area contributed by atoms with Crippen LogP contribution in [-0.2, 0) is 34.4 Å². The number of rotatable bonds is 3. The van der Waals surface area contributed by atoms with Gasteiger partial charge in [0, 0.05) is 30.2 Å². The van der Waals surface area contributed by atoms with Gasteiger partial charge in [0.05, 0.1) is 18.6 Å². The first-order valence-electron chi connectivity index (χ1n) is 10.4. The molecule has 0 bridgehead atoms. The summed E-state index contributed by atoms with van der Waals surface area (Å²) in [6.07, 6.45) is 2.56. The summed E-state index contributed by atoms with van der Waals surface area (Å²) in [4.78, 5) is 19.3. The molecule has 1 fully saturated rings. The molecule has 29 heavy (non-hydrogen) atoms. The van der Waals surface area contributed by atoms with Gasteiger partial charge in [0.2, 0.25) is 0 Å². The van der Waals surface area contributed by atoms with Gasteiger partial charge in [0.1, 0.15) is 6.61 Å². The van der Waals surface area contributed by atoms with Crippen LogP contribution in [0.3, 0.4) is 0 Å². The number of hydrogen-bond acceptors (Lipinski definition) is 4. The maximum Gasteiger partial charge on any atom is 0.311 e. The van der Waals surface area contributed by atoms with Gasteiger partial charge in [-0.2, -0.15) is 5.06 Å². The van der Waals surface area contributed by atoms with Gasteiger partial charge >= 0.3 is 5.97 Å². The number of nitrogens with zero attached hydrogens (tertiary/aromatic N) is 2. The first-order valence-corrected chi connectivity index (χ1v) is 10.4. The van der Waals surface area contributed by atoms with Gasteiger partial charge in [-0.1, -0.05) is 48.5 Å². The molecule has 1 saturated heterocycles. The van der Waals surface area contributed by atoms with E-state index < -0.39 is 0 Å². The lowest BCUT2D eigenvalue weighted by atomic mass is 9.87. The molecular formula is C24H26N2O3. The number of fused-ring (bicyclic) bond motifs is 5. The van der Waals surface area contributed by atoms with E-state index in [0.717, 1.165) is 31.4 Å². The number of carbonyl (C=O) groups is 1. The zero-order valence-corrected chi connectivity index (χ0v) is 16.7. The number of para-hydroxylation sites is 1. The molecule has 0 spiro atoms. The molecular weight excluding hydrogens is 364 g/mol. The molecule has 2 aliphatic rings. The third-order valence-corrected chi connectivity index (χ3v) is 6.26. The lowest BCUT2D eigenvalue weighted by molar-refractivity contribution is -0.198. The second-order valence-electron chi connectivity index (χ2n) is 7.95. The number of aryl methyl sites for hydroxylation is 1. The highest BCUT2D eigenvalue weighted by atomic mass is 16.7. The number of benzene rings is 2. The molecule has 3 aromatic rings. The van der Waals surface area contributed by atoms with Crippen molar-refractivity contribution < 1.29 is 14.4 Å². The van der Waals surface area contributed by atoms with Crippen LogP contribution in [0.2, 0.25) is 0 Å². The molecule has 0 saturated carbocycles. The lowest BCUT2D eigenvalue weighted by Crippen LogP contribution is -2.41. The Morgan fingerprint density at radius 1 is 1.14 bits per heavy atom. The van der Waals surface area contributed by atoms with Crippen LogP contribution in [0.4, 0.5) is 0 Å². The summed E-state index contributed by atoms with van der Waals surface area (Å²) in [7, 11) is 2.10. The maximum absolute atomic E-state index is 13.2. The number of aromatic nitrogens is 1. The maximum atomic E-state index is 13.2. The molecule has 2 aromatic carbocycles. The predicted octanol–water partition coefficient (Wildman–Crippen LogP) is 4.16. The summed E-state index contributed by atoms with van der Waals surface area (Å²) in [5, 5.41) is 3.31. The largest absolute Gasteiger partial charge is 0.461 e. The van der Waals surface area contributed by atoms with Crippen molar-refractivity contribution in [3.8, 4) is 0 Å². The van der Waals surface area contributed by atoms with Crippen molar-refractivity contribution in [2.75, 3.05) is 13.2 Å². The molecule has 0 radical (unpaired) electrons. The minimum atomic E-state index is -0.233. The van der Waals surface area contributed by atoms with Crippen LogP contribution in [0.15, 0.2) is 54.6 Å². The topological polar surface area (TPSA) is 43.7 Å². The monoisotopic (exact) mass is 390 g/mol. The fourth-order valence-electron chi connectivity index (χ4n) is 4.89. The molecule has 5 heteroatoms. The van der Waals surface area contributed by atoms with Gasteiger partial charge in [-0.05, 0) is 36.5 Å². The Hall–Kier alpha value is -2.63. The minimum absolute atomic E-state index is 0.109. The van der Waals surface area contributed by atoms with E-state index in [4.69, 9.17) is 9.57 Å². The third kappa shape index (κ3) is 3.24. The van der Waals surface area contributed by atoms with Gasteiger partial charge in [-0.3, -0.25) is 9.63 Å². The van der Waals surface area contributed by atoms with Crippen LogP contribution in [0.1, 0.15) is 35.7 Å². The summed E-state index contributed by atoms with van der Waals surface area (Å²) in [6.45, 7) is 1.76. The van der Waals surface area contributed by atoms with Gasteiger partial charge in [-0.15, -0.1) is 0 Å². The molecule has 0 aliphatic carbocycles. The highest BCUT2D eigenvalue weighted by Gasteiger charge is 2.43. The highest BCUT2D eigenvalue weighted by Crippen LogP contribution is 2.43. The first kappa shape index (κ1) is 18.4. The normalized spacial score (nSPS) is 22.0. The van der Waals surface area contributed by atoms with Crippen LogP contribution in [0.5, 0.6) is 0 Å². The molecule has 0 N–H and O–H groups in total. The Morgan fingerprint density at radius 3 is 2.79 bits per heavy atom. The SMILES string of the molecule is Cn1c2c(c3ccccc31)CCN1OCCC[C@H](C(=O)OCc3ccccc3)[C@@H]21. The van der Waals surface area contributed by atoms with Crippen LogP contribution in [0.25, 0.3) is 10.9 Å². The molecule has 2 atom stereocenters. The van der Waals surface area contributed by atoms with Gasteiger partial charge < -0.3 is 9.30 Å². The standard InChI is InChI=1S/C24H26N2O3/c1-25-21-12-6-5-10-18(21)19-13-14-26-23(22(19)25)20(11-7-15-29-26)24(27)28-16-17-8-3-2-4-9-17/h2-6,8-10,12,20,23H,7,11,13-16H2,1H3/t20-,23-/m0/s1. The van der Waals surface area contributed by atoms with Crippen molar-refractivity contribution in [2.24, 2.45) is 13.0 Å². The Labute approximate surface area is 170 Å². The van der Waals surface area contributed by atoms with E-state index >= 15 is 0 Å². The summed E-state index contributed by atoms with van der Waals surface area (Å²) >= 11 is 0. The quantitative estimate of drug-likeness (QED) is 0.630. The van der Waals surface area contributed by atoms with Crippen LogP contribution in [0, 0.1) is 5.92 Å². The summed E-state index contributed by atoms with van der Waals surface area (Å²) < 4.78 is 8.01. The average Bonchev–Trinajstić information content (AvgIpc) is 2.91. The second kappa shape index (κ2) is 7.65. The molecule has 5 rings (SSSR count). The fourth-order valence-corrected chi connectivity index (χ4v) is 4.89. The van der Waals surface area contributed by atoms with Crippen molar-refractivity contribution in [1.29, 1.82) is 0 Å². The third-order valence-electron chi connectivity index (χ3n) is 6.26. The van der Waals surface area contributed by atoms with E-state index in [1.54, 1.807) is 0 Å². The molecule has 1 aromatic heterocycles. The van der Waals surface area contributed by atoms with E-state index in [9.17, 15) is 4.79 Å². The van der Waals surface area contributed by atoms with Crippen LogP contribution < -0.4 is 0 Å². The van der Waals surface area contributed by atoms with Crippen molar-refractivity contribution >= 4 is 16.9 Å². The Bertz CT molecular complexity index is 1030. The second-order valence-corrected chi connectivity index (χ2v) is 7.95. The number of hydrogen-bond donors (Lipinski definition) is 0. The summed E-state index contributed by atoms with van der Waals surface area (Å²) in [5.41, 5.74) is 4.76. The van der Waals surface area contributed by atoms with Gasteiger partial charge in [0.25, 0.3) is 0 Å². The first-order chi connectivity index (χ1) is 14.2. The number of esters is 1. The predicted molar refractivity (Wildman–Crippen MR) is 111 cm³/mol. The van der Waals surface area contributed by atoms with Gasteiger partial charge in [-0.25, -0.2) is 0 Å². The average molecular weight is 390 g/mol.